The summed E-state index contributed by atoms with van der Waals surface area (Å²) >= 11 is 0. The van der Waals surface area contributed by atoms with E-state index < -0.39 is 0 Å². The first kappa shape index (κ1) is 19.8. The summed E-state index contributed by atoms with van der Waals surface area (Å²) in [7, 11) is 1.87. The van der Waals surface area contributed by atoms with E-state index in [1.807, 2.05) is 32.3 Å². The highest BCUT2D eigenvalue weighted by Gasteiger charge is 2.24. The molecule has 156 valence electrons. The number of nitrogens with zero attached hydrogens (tertiary/aromatic N) is 6. The van der Waals surface area contributed by atoms with E-state index in [2.05, 4.69) is 30.5 Å². The molecule has 30 heavy (non-hydrogen) atoms. The van der Waals surface area contributed by atoms with E-state index in [1.54, 1.807) is 29.3 Å². The Balaban J connectivity index is 1.32. The van der Waals surface area contributed by atoms with E-state index in [-0.39, 0.29) is 12.0 Å². The Hall–Kier alpha value is -3.49. The lowest BCUT2D eigenvalue weighted by Crippen LogP contribution is -2.39. The number of ether oxygens (including phenoxy) is 1. The maximum absolute atomic E-state index is 12.4. The van der Waals surface area contributed by atoms with Gasteiger partial charge >= 0.3 is 0 Å². The summed E-state index contributed by atoms with van der Waals surface area (Å²) in [6.07, 6.45) is 8.96. The van der Waals surface area contributed by atoms with Crippen molar-refractivity contribution in [3.8, 4) is 5.75 Å². The third-order valence-electron chi connectivity index (χ3n) is 5.12. The fourth-order valence-corrected chi connectivity index (χ4v) is 3.51. The van der Waals surface area contributed by atoms with Crippen LogP contribution in [-0.4, -0.2) is 50.1 Å². The molecule has 0 saturated carbocycles. The van der Waals surface area contributed by atoms with Gasteiger partial charge in [-0.2, -0.15) is 5.10 Å². The number of rotatable bonds is 6. The molecule has 9 heteroatoms. The van der Waals surface area contributed by atoms with Crippen LogP contribution >= 0.6 is 0 Å². The number of piperidine rings is 1. The molecule has 0 aliphatic carbocycles. The van der Waals surface area contributed by atoms with Crippen LogP contribution in [0.25, 0.3) is 0 Å². The topological polar surface area (TPSA) is 98.1 Å². The van der Waals surface area contributed by atoms with Gasteiger partial charge in [0.15, 0.2) is 17.3 Å². The molecule has 1 amide bonds. The Morgan fingerprint density at radius 2 is 2.00 bits per heavy atom. The van der Waals surface area contributed by atoms with E-state index in [0.717, 1.165) is 48.6 Å². The second kappa shape index (κ2) is 8.89. The van der Waals surface area contributed by atoms with Gasteiger partial charge in [-0.25, -0.2) is 0 Å². The molecule has 0 aromatic carbocycles. The van der Waals surface area contributed by atoms with Crippen LogP contribution in [0.15, 0.2) is 43.0 Å². The SMILES string of the molecule is Cc1cc(C(=O)NCc2ccncc2)nnc1N1CCC(Oc2cnn(C)c2)CC1. The molecule has 4 rings (SSSR count). The number of anilines is 1. The van der Waals surface area contributed by atoms with Crippen molar-refractivity contribution in [1.82, 2.24) is 30.3 Å². The smallest absolute Gasteiger partial charge is 0.272 e. The van der Waals surface area contributed by atoms with Crippen LogP contribution in [0.2, 0.25) is 0 Å². The Kier molecular flexibility index (Phi) is 5.87. The molecule has 0 atom stereocenters. The van der Waals surface area contributed by atoms with E-state index in [0.29, 0.717) is 12.2 Å². The van der Waals surface area contributed by atoms with Crippen LogP contribution in [0.5, 0.6) is 5.75 Å². The molecule has 1 saturated heterocycles. The normalized spacial score (nSPS) is 14.5. The minimum Gasteiger partial charge on any atom is -0.487 e. The van der Waals surface area contributed by atoms with Gasteiger partial charge in [-0.1, -0.05) is 0 Å². The average Bonchev–Trinajstić information content (AvgIpc) is 3.18. The molecule has 3 aromatic rings. The molecule has 0 radical (unpaired) electrons. The van der Waals surface area contributed by atoms with E-state index in [1.165, 1.54) is 0 Å². The zero-order valence-corrected chi connectivity index (χ0v) is 17.2. The second-order valence-electron chi connectivity index (χ2n) is 7.43. The first-order valence-corrected chi connectivity index (χ1v) is 10.00. The highest BCUT2D eigenvalue weighted by Crippen LogP contribution is 2.24. The lowest BCUT2D eigenvalue weighted by Gasteiger charge is -2.33. The van der Waals surface area contributed by atoms with Gasteiger partial charge in [0.1, 0.15) is 6.10 Å². The summed E-state index contributed by atoms with van der Waals surface area (Å²) < 4.78 is 7.74. The third kappa shape index (κ3) is 4.73. The number of amides is 1. The quantitative estimate of drug-likeness (QED) is 0.666. The molecular formula is C21H25N7O2. The third-order valence-corrected chi connectivity index (χ3v) is 5.12. The molecule has 4 heterocycles. The van der Waals surface area contributed by atoms with Gasteiger partial charge in [0.05, 0.1) is 12.4 Å². The van der Waals surface area contributed by atoms with Crippen molar-refractivity contribution in [2.45, 2.75) is 32.4 Å². The first-order chi connectivity index (χ1) is 14.6. The van der Waals surface area contributed by atoms with Gasteiger partial charge in [0.25, 0.3) is 5.91 Å². The summed E-state index contributed by atoms with van der Waals surface area (Å²) in [5.41, 5.74) is 2.24. The number of aromatic nitrogens is 5. The van der Waals surface area contributed by atoms with Crippen molar-refractivity contribution in [3.63, 3.8) is 0 Å². The number of pyridine rings is 1. The van der Waals surface area contributed by atoms with E-state index >= 15 is 0 Å². The van der Waals surface area contributed by atoms with Gasteiger partial charge < -0.3 is 15.0 Å². The fourth-order valence-electron chi connectivity index (χ4n) is 3.51. The molecule has 9 nitrogen and oxygen atoms in total. The number of hydrogen-bond donors (Lipinski definition) is 1. The van der Waals surface area contributed by atoms with Crippen LogP contribution in [0.3, 0.4) is 0 Å². The molecule has 0 unspecified atom stereocenters. The number of nitrogens with one attached hydrogen (secondary N) is 1. The lowest BCUT2D eigenvalue weighted by atomic mass is 10.1. The number of carbonyl (C=O) groups excluding carboxylic acids is 1. The zero-order chi connectivity index (χ0) is 20.9. The highest BCUT2D eigenvalue weighted by atomic mass is 16.5. The fraction of sp³-hybridized carbons (Fsp3) is 0.381. The molecule has 1 aliphatic rings. The number of carbonyl (C=O) groups is 1. The monoisotopic (exact) mass is 407 g/mol. The minimum absolute atomic E-state index is 0.164. The predicted octanol–water partition coefficient (Wildman–Crippen LogP) is 1.89. The predicted molar refractivity (Wildman–Crippen MR) is 111 cm³/mol. The average molecular weight is 407 g/mol. The molecule has 1 N–H and O–H groups in total. The molecule has 1 aliphatic heterocycles. The van der Waals surface area contributed by atoms with Crippen molar-refractivity contribution in [1.29, 1.82) is 0 Å². The van der Waals surface area contributed by atoms with Crippen molar-refractivity contribution in [2.75, 3.05) is 18.0 Å². The largest absolute Gasteiger partial charge is 0.487 e. The Morgan fingerprint density at radius 1 is 1.23 bits per heavy atom. The van der Waals surface area contributed by atoms with Crippen molar-refractivity contribution in [2.24, 2.45) is 7.05 Å². The summed E-state index contributed by atoms with van der Waals surface area (Å²) in [4.78, 5) is 18.6. The van der Waals surface area contributed by atoms with Crippen molar-refractivity contribution < 1.29 is 9.53 Å². The van der Waals surface area contributed by atoms with Gasteiger partial charge in [-0.15, -0.1) is 10.2 Å². The standard InChI is InChI=1S/C21H25N7O2/c1-15-11-19(21(29)23-12-16-3-7-22-8-4-16)25-26-20(15)28-9-5-17(6-10-28)30-18-13-24-27(2)14-18/h3-4,7-8,11,13-14,17H,5-6,9-10,12H2,1-2H3,(H,23,29). The van der Waals surface area contributed by atoms with E-state index in [4.69, 9.17) is 4.74 Å². The molecule has 0 spiro atoms. The summed E-state index contributed by atoms with van der Waals surface area (Å²) in [5.74, 6) is 1.38. The zero-order valence-electron chi connectivity index (χ0n) is 17.2. The Labute approximate surface area is 175 Å². The summed E-state index contributed by atoms with van der Waals surface area (Å²) in [6.45, 7) is 4.04. The number of hydrogen-bond acceptors (Lipinski definition) is 7. The maximum Gasteiger partial charge on any atom is 0.272 e. The summed E-state index contributed by atoms with van der Waals surface area (Å²) in [6, 6.07) is 5.52. The molecule has 3 aromatic heterocycles. The highest BCUT2D eigenvalue weighted by molar-refractivity contribution is 5.92. The second-order valence-corrected chi connectivity index (χ2v) is 7.43. The molecule has 0 bridgehead atoms. The van der Waals surface area contributed by atoms with Crippen LogP contribution < -0.4 is 15.0 Å². The number of aryl methyl sites for hydroxylation is 2. The van der Waals surface area contributed by atoms with Gasteiger partial charge in [-0.3, -0.25) is 14.5 Å². The van der Waals surface area contributed by atoms with Crippen LogP contribution in [0.1, 0.15) is 34.5 Å². The van der Waals surface area contributed by atoms with Crippen LogP contribution in [-0.2, 0) is 13.6 Å². The van der Waals surface area contributed by atoms with E-state index in [9.17, 15) is 4.79 Å². The van der Waals surface area contributed by atoms with Gasteiger partial charge in [-0.05, 0) is 36.2 Å². The Morgan fingerprint density at radius 3 is 2.67 bits per heavy atom. The van der Waals surface area contributed by atoms with Crippen LogP contribution in [0.4, 0.5) is 5.82 Å². The van der Waals surface area contributed by atoms with Crippen LogP contribution in [0, 0.1) is 6.92 Å². The lowest BCUT2D eigenvalue weighted by molar-refractivity contribution is 0.0945. The minimum atomic E-state index is -0.238. The first-order valence-electron chi connectivity index (χ1n) is 10.00. The Bertz CT molecular complexity index is 998. The van der Waals surface area contributed by atoms with Gasteiger partial charge in [0, 0.05) is 51.9 Å². The summed E-state index contributed by atoms with van der Waals surface area (Å²) in [5, 5.41) is 15.5. The maximum atomic E-state index is 12.4. The van der Waals surface area contributed by atoms with Gasteiger partial charge in [0.2, 0.25) is 0 Å². The van der Waals surface area contributed by atoms with Crippen molar-refractivity contribution in [3.05, 3.63) is 59.8 Å². The molecular weight excluding hydrogens is 382 g/mol. The van der Waals surface area contributed by atoms with Crippen molar-refractivity contribution >= 4 is 11.7 Å². The molecule has 1 fully saturated rings.